The summed E-state index contributed by atoms with van der Waals surface area (Å²) in [4.78, 5) is 53.4. The Bertz CT molecular complexity index is 1520. The average molecular weight is 640 g/mol. The third kappa shape index (κ3) is 10.5. The van der Waals surface area contributed by atoms with Crippen molar-refractivity contribution in [3.63, 3.8) is 0 Å². The lowest BCUT2D eigenvalue weighted by Gasteiger charge is -2.29. The van der Waals surface area contributed by atoms with Crippen molar-refractivity contribution >= 4 is 37.1 Å². The number of amides is 1. The van der Waals surface area contributed by atoms with E-state index in [1.807, 2.05) is 30.3 Å². The summed E-state index contributed by atoms with van der Waals surface area (Å²) in [5.74, 6) is -3.38. The topological polar surface area (TPSA) is 230 Å². The number of carbonyl (C=O) groups is 3. The number of carboxylic acid groups (broad SMARTS) is 1. The molecule has 3 aromatic rings. The highest BCUT2D eigenvalue weighted by atomic mass is 31.2. The van der Waals surface area contributed by atoms with Crippen LogP contribution in [0.3, 0.4) is 0 Å². The van der Waals surface area contributed by atoms with Crippen LogP contribution in [0.15, 0.2) is 89.9 Å². The van der Waals surface area contributed by atoms with Crippen molar-refractivity contribution in [1.29, 1.82) is 0 Å². The van der Waals surface area contributed by atoms with E-state index in [-0.39, 0.29) is 43.2 Å². The van der Waals surface area contributed by atoms with Crippen LogP contribution in [0.2, 0.25) is 0 Å². The molecule has 0 fully saturated rings. The predicted octanol–water partition coefficient (Wildman–Crippen LogP) is 3.90. The third-order valence-electron chi connectivity index (χ3n) is 6.89. The molecular formula is C31H38N5O8P. The van der Waals surface area contributed by atoms with Crippen molar-refractivity contribution < 1.29 is 38.2 Å². The first-order valence-corrected chi connectivity index (χ1v) is 15.7. The second-order valence-corrected chi connectivity index (χ2v) is 12.2. The van der Waals surface area contributed by atoms with E-state index in [1.54, 1.807) is 30.3 Å². The smallest absolute Gasteiger partial charge is 0.407 e. The molecule has 0 aliphatic heterocycles. The molecule has 13 nitrogen and oxygen atoms in total. The molecule has 45 heavy (non-hydrogen) atoms. The number of ketones is 1. The minimum Gasteiger partial charge on any atom is -0.479 e. The SMILES string of the molecule is CC(CN)C(C(=O)CCC(NC(=O)OCc1ccccc1)c1ccccc1)P(=O)(O)OC(C(=O)O)c1cccc(N=C(N)N)c1. The summed E-state index contributed by atoms with van der Waals surface area (Å²) in [5.41, 5.74) is 16.6. The second-order valence-electron chi connectivity index (χ2n) is 10.4. The van der Waals surface area contributed by atoms with Crippen molar-refractivity contribution in [1.82, 2.24) is 5.32 Å². The summed E-state index contributed by atoms with van der Waals surface area (Å²) in [7, 11) is -4.96. The fourth-order valence-corrected chi connectivity index (χ4v) is 6.57. The van der Waals surface area contributed by atoms with Gasteiger partial charge in [0.2, 0.25) is 0 Å². The molecule has 9 N–H and O–H groups in total. The van der Waals surface area contributed by atoms with E-state index < -0.39 is 49.2 Å². The van der Waals surface area contributed by atoms with Crippen LogP contribution in [-0.2, 0) is 30.0 Å². The van der Waals surface area contributed by atoms with Crippen molar-refractivity contribution in [2.45, 2.75) is 44.2 Å². The maximum atomic E-state index is 13.7. The molecule has 5 unspecified atom stereocenters. The number of hydrogen-bond donors (Lipinski definition) is 6. The highest BCUT2D eigenvalue weighted by Crippen LogP contribution is 2.54. The fourth-order valence-electron chi connectivity index (χ4n) is 4.67. The number of alkyl carbamates (subject to hydrolysis) is 1. The van der Waals surface area contributed by atoms with Crippen LogP contribution in [-0.4, -0.2) is 46.0 Å². The number of aliphatic carboxylic acids is 1. The summed E-state index contributed by atoms with van der Waals surface area (Å²) in [5, 5.41) is 12.6. The molecule has 0 spiro atoms. The molecule has 0 heterocycles. The number of nitrogens with zero attached hydrogens (tertiary/aromatic N) is 1. The number of nitrogens with one attached hydrogen (secondary N) is 1. The molecule has 0 saturated carbocycles. The van der Waals surface area contributed by atoms with Gasteiger partial charge in [-0.2, -0.15) is 0 Å². The Labute approximate surface area is 261 Å². The predicted molar refractivity (Wildman–Crippen MR) is 168 cm³/mol. The van der Waals surface area contributed by atoms with Gasteiger partial charge in [0, 0.05) is 6.42 Å². The summed E-state index contributed by atoms with van der Waals surface area (Å²) >= 11 is 0. The average Bonchev–Trinajstić information content (AvgIpc) is 3.01. The Kier molecular flexibility index (Phi) is 12.8. The number of ether oxygens (including phenoxy) is 1. The van der Waals surface area contributed by atoms with Gasteiger partial charge >= 0.3 is 19.7 Å². The highest BCUT2D eigenvalue weighted by Gasteiger charge is 2.45. The van der Waals surface area contributed by atoms with Gasteiger partial charge < -0.3 is 37.3 Å². The monoisotopic (exact) mass is 639 g/mol. The van der Waals surface area contributed by atoms with E-state index in [2.05, 4.69) is 10.3 Å². The molecule has 14 heteroatoms. The van der Waals surface area contributed by atoms with E-state index in [1.165, 1.54) is 31.2 Å². The van der Waals surface area contributed by atoms with Gasteiger partial charge in [-0.25, -0.2) is 14.6 Å². The zero-order chi connectivity index (χ0) is 33.0. The molecule has 0 saturated heterocycles. The number of hydrogen-bond acceptors (Lipinski definition) is 8. The largest absolute Gasteiger partial charge is 0.479 e. The summed E-state index contributed by atoms with van der Waals surface area (Å²) in [6.45, 7) is 1.37. The first-order chi connectivity index (χ1) is 21.4. The van der Waals surface area contributed by atoms with Gasteiger partial charge in [0.05, 0.1) is 11.7 Å². The van der Waals surface area contributed by atoms with Crippen LogP contribution in [0.5, 0.6) is 0 Å². The van der Waals surface area contributed by atoms with Gasteiger partial charge in [-0.05, 0) is 47.7 Å². The Morgan fingerprint density at radius 1 is 0.956 bits per heavy atom. The van der Waals surface area contributed by atoms with E-state index in [0.29, 0.717) is 5.56 Å². The third-order valence-corrected chi connectivity index (χ3v) is 8.90. The Balaban J connectivity index is 1.79. The normalized spacial score (nSPS) is 15.0. The first-order valence-electron chi connectivity index (χ1n) is 14.1. The quantitative estimate of drug-likeness (QED) is 0.0748. The molecule has 0 aliphatic carbocycles. The minimum atomic E-state index is -4.96. The van der Waals surface area contributed by atoms with Crippen molar-refractivity contribution in [2.75, 3.05) is 6.54 Å². The Morgan fingerprint density at radius 2 is 1.58 bits per heavy atom. The summed E-state index contributed by atoms with van der Waals surface area (Å²) in [6, 6.07) is 22.9. The zero-order valence-corrected chi connectivity index (χ0v) is 25.6. The van der Waals surface area contributed by atoms with Crippen molar-refractivity contribution in [3.05, 3.63) is 102 Å². The maximum absolute atomic E-state index is 13.7. The van der Waals surface area contributed by atoms with Crippen molar-refractivity contribution in [3.8, 4) is 0 Å². The molecule has 0 radical (unpaired) electrons. The molecule has 0 aliphatic rings. The molecule has 5 atom stereocenters. The number of Topliss-reactive ketones (excluding diaryl/α,β-unsaturated/α-hetero) is 1. The number of rotatable bonds is 16. The van der Waals surface area contributed by atoms with Gasteiger partial charge in [-0.3, -0.25) is 13.9 Å². The van der Waals surface area contributed by atoms with Crippen LogP contribution in [0, 0.1) is 5.92 Å². The fraction of sp³-hybridized carbons (Fsp3) is 0.290. The number of carbonyl (C=O) groups excluding carboxylic acids is 2. The summed E-state index contributed by atoms with van der Waals surface area (Å²) in [6.07, 6.45) is -2.86. The van der Waals surface area contributed by atoms with Crippen molar-refractivity contribution in [2.24, 2.45) is 28.1 Å². The van der Waals surface area contributed by atoms with Crippen LogP contribution in [0.4, 0.5) is 10.5 Å². The molecule has 3 aromatic carbocycles. The van der Waals surface area contributed by atoms with Crippen LogP contribution < -0.4 is 22.5 Å². The first kappa shape index (κ1) is 34.9. The van der Waals surface area contributed by atoms with E-state index in [9.17, 15) is 28.9 Å². The van der Waals surface area contributed by atoms with E-state index in [4.69, 9.17) is 26.5 Å². The van der Waals surface area contributed by atoms with Crippen LogP contribution >= 0.6 is 7.60 Å². The molecule has 0 aromatic heterocycles. The molecule has 240 valence electrons. The van der Waals surface area contributed by atoms with E-state index in [0.717, 1.165) is 5.56 Å². The van der Waals surface area contributed by atoms with Gasteiger partial charge in [-0.15, -0.1) is 0 Å². The Hall–Kier alpha value is -4.55. The lowest BCUT2D eigenvalue weighted by Crippen LogP contribution is -2.35. The summed E-state index contributed by atoms with van der Waals surface area (Å²) < 4.78 is 24.3. The number of carboxylic acids is 1. The molecule has 1 amide bonds. The van der Waals surface area contributed by atoms with Crippen LogP contribution in [0.25, 0.3) is 0 Å². The molecular weight excluding hydrogens is 601 g/mol. The van der Waals surface area contributed by atoms with Gasteiger partial charge in [0.25, 0.3) is 0 Å². The standard InChI is InChI=1S/C31H38N5O8P/c1-20(18-32)28(45(41,42)44-27(29(38)39)23-13-8-14-24(17-23)35-30(33)34)26(37)16-15-25(22-11-6-3-7-12-22)36-31(40)43-19-21-9-4-2-5-10-21/h2-14,17,20,25,27-28H,15-16,18-19,32H2,1H3,(H,36,40)(H,38,39)(H,41,42)(H4,33,34,35). The molecule has 3 rings (SSSR count). The van der Waals surface area contributed by atoms with Gasteiger partial charge in [0.15, 0.2) is 12.1 Å². The Morgan fingerprint density at radius 3 is 2.18 bits per heavy atom. The minimum absolute atomic E-state index is 0.0202. The second kappa shape index (κ2) is 16.5. The lowest BCUT2D eigenvalue weighted by atomic mass is 9.96. The lowest BCUT2D eigenvalue weighted by molar-refractivity contribution is -0.146. The zero-order valence-electron chi connectivity index (χ0n) is 24.7. The number of aliphatic imine (C=N–C) groups is 1. The number of guanidine groups is 1. The van der Waals surface area contributed by atoms with Gasteiger partial charge in [-0.1, -0.05) is 79.7 Å². The van der Waals surface area contributed by atoms with Gasteiger partial charge in [0.1, 0.15) is 18.0 Å². The number of benzene rings is 3. The molecule has 0 bridgehead atoms. The maximum Gasteiger partial charge on any atom is 0.407 e. The van der Waals surface area contributed by atoms with Crippen LogP contribution in [0.1, 0.15) is 48.6 Å². The highest BCUT2D eigenvalue weighted by molar-refractivity contribution is 7.54. The van der Waals surface area contributed by atoms with E-state index >= 15 is 0 Å². The number of nitrogens with two attached hydrogens (primary N) is 3.